The highest BCUT2D eigenvalue weighted by Gasteiger charge is 2.19. The van der Waals surface area contributed by atoms with Gasteiger partial charge in [0, 0.05) is 27.6 Å². The van der Waals surface area contributed by atoms with E-state index in [0.29, 0.717) is 0 Å². The third-order valence-electron chi connectivity index (χ3n) is 3.06. The predicted octanol–water partition coefficient (Wildman–Crippen LogP) is 4.21. The fraction of sp³-hybridized carbons (Fsp3) is 0.400. The van der Waals surface area contributed by atoms with Crippen LogP contribution in [0.15, 0.2) is 24.3 Å². The first-order valence-electron chi connectivity index (χ1n) is 6.15. The molecule has 96 valence electrons. The molecule has 2 aromatic rings. The van der Waals surface area contributed by atoms with E-state index in [4.69, 9.17) is 22.3 Å². The fourth-order valence-corrected chi connectivity index (χ4v) is 2.16. The fourth-order valence-electron chi connectivity index (χ4n) is 1.99. The molecule has 0 aliphatic carbocycles. The molecule has 0 bridgehead atoms. The Morgan fingerprint density at radius 1 is 1.22 bits per heavy atom. The summed E-state index contributed by atoms with van der Waals surface area (Å²) in [5, 5.41) is 1.76. The number of halogens is 1. The molecule has 1 aromatic carbocycles. The van der Waals surface area contributed by atoms with Crippen LogP contribution < -0.4 is 5.73 Å². The van der Waals surface area contributed by atoms with Crippen molar-refractivity contribution in [2.24, 2.45) is 5.73 Å². The monoisotopic (exact) mass is 262 g/mol. The van der Waals surface area contributed by atoms with Crippen LogP contribution in [0.2, 0.25) is 5.02 Å². The van der Waals surface area contributed by atoms with E-state index in [0.717, 1.165) is 27.2 Å². The maximum Gasteiger partial charge on any atom is 0.0709 e. The molecule has 1 aromatic heterocycles. The smallest absolute Gasteiger partial charge is 0.0709 e. The van der Waals surface area contributed by atoms with E-state index in [1.807, 2.05) is 25.1 Å². The Morgan fingerprint density at radius 2 is 1.89 bits per heavy atom. The standard InChI is InChI=1S/C15H19ClN2/c1-9(17)11-8-14(15(2,3)4)18-13-6-5-10(16)7-12(11)13/h5-9H,17H2,1-4H3. The zero-order valence-electron chi connectivity index (χ0n) is 11.3. The second-order valence-electron chi connectivity index (χ2n) is 5.80. The molecule has 0 amide bonds. The molecule has 2 nitrogen and oxygen atoms in total. The summed E-state index contributed by atoms with van der Waals surface area (Å²) < 4.78 is 0. The van der Waals surface area contributed by atoms with Crippen LogP contribution in [0.4, 0.5) is 0 Å². The van der Waals surface area contributed by atoms with Crippen molar-refractivity contribution in [2.75, 3.05) is 0 Å². The molecular weight excluding hydrogens is 244 g/mol. The first-order valence-corrected chi connectivity index (χ1v) is 6.53. The zero-order chi connectivity index (χ0) is 13.5. The minimum Gasteiger partial charge on any atom is -0.324 e. The Bertz CT molecular complexity index is 583. The van der Waals surface area contributed by atoms with Gasteiger partial charge in [0.05, 0.1) is 5.52 Å². The lowest BCUT2D eigenvalue weighted by Crippen LogP contribution is -2.16. The number of fused-ring (bicyclic) bond motifs is 1. The summed E-state index contributed by atoms with van der Waals surface area (Å²) in [6.07, 6.45) is 0. The molecule has 0 spiro atoms. The average molecular weight is 263 g/mol. The molecule has 18 heavy (non-hydrogen) atoms. The Kier molecular flexibility index (Phi) is 3.35. The van der Waals surface area contributed by atoms with Crippen LogP contribution in [0.5, 0.6) is 0 Å². The van der Waals surface area contributed by atoms with Crippen molar-refractivity contribution in [1.29, 1.82) is 0 Å². The number of aromatic nitrogens is 1. The number of pyridine rings is 1. The summed E-state index contributed by atoms with van der Waals surface area (Å²) in [4.78, 5) is 4.72. The van der Waals surface area contributed by atoms with E-state index < -0.39 is 0 Å². The summed E-state index contributed by atoms with van der Waals surface area (Å²) in [5.74, 6) is 0. The van der Waals surface area contributed by atoms with Crippen molar-refractivity contribution in [3.63, 3.8) is 0 Å². The molecule has 2 rings (SSSR count). The van der Waals surface area contributed by atoms with Crippen LogP contribution in [0, 0.1) is 0 Å². The van der Waals surface area contributed by atoms with E-state index in [2.05, 4.69) is 26.8 Å². The van der Waals surface area contributed by atoms with E-state index in [9.17, 15) is 0 Å². The highest BCUT2D eigenvalue weighted by atomic mass is 35.5. The largest absolute Gasteiger partial charge is 0.324 e. The molecular formula is C15H19ClN2. The Morgan fingerprint density at radius 3 is 2.44 bits per heavy atom. The first-order chi connectivity index (χ1) is 8.29. The van der Waals surface area contributed by atoms with Crippen LogP contribution in [-0.2, 0) is 5.41 Å². The highest BCUT2D eigenvalue weighted by molar-refractivity contribution is 6.31. The number of nitrogens with two attached hydrogens (primary N) is 1. The predicted molar refractivity (Wildman–Crippen MR) is 78.1 cm³/mol. The van der Waals surface area contributed by atoms with E-state index in [1.54, 1.807) is 0 Å². The van der Waals surface area contributed by atoms with Gasteiger partial charge in [0.25, 0.3) is 0 Å². The molecule has 1 atom stereocenters. The molecule has 0 saturated carbocycles. The van der Waals surface area contributed by atoms with Gasteiger partial charge in [-0.1, -0.05) is 32.4 Å². The van der Waals surface area contributed by atoms with Crippen LogP contribution in [-0.4, -0.2) is 4.98 Å². The number of rotatable bonds is 1. The molecule has 0 fully saturated rings. The van der Waals surface area contributed by atoms with Crippen LogP contribution >= 0.6 is 11.6 Å². The van der Waals surface area contributed by atoms with Crippen molar-refractivity contribution >= 4 is 22.5 Å². The number of hydrogen-bond donors (Lipinski definition) is 1. The SMILES string of the molecule is CC(N)c1cc(C(C)(C)C)nc2ccc(Cl)cc12. The third kappa shape index (κ3) is 2.50. The van der Waals surface area contributed by atoms with E-state index in [-0.39, 0.29) is 11.5 Å². The number of hydrogen-bond acceptors (Lipinski definition) is 2. The molecule has 3 heteroatoms. The molecule has 0 radical (unpaired) electrons. The van der Waals surface area contributed by atoms with Crippen LogP contribution in [0.25, 0.3) is 10.9 Å². The number of nitrogens with zero attached hydrogens (tertiary/aromatic N) is 1. The van der Waals surface area contributed by atoms with Crippen molar-refractivity contribution in [1.82, 2.24) is 4.98 Å². The highest BCUT2D eigenvalue weighted by Crippen LogP contribution is 2.30. The summed E-state index contributed by atoms with van der Waals surface area (Å²) >= 11 is 6.06. The first kappa shape index (κ1) is 13.3. The summed E-state index contributed by atoms with van der Waals surface area (Å²) in [5.41, 5.74) is 9.20. The maximum absolute atomic E-state index is 6.07. The maximum atomic E-state index is 6.07. The summed E-state index contributed by atoms with van der Waals surface area (Å²) in [6.45, 7) is 8.45. The van der Waals surface area contributed by atoms with Crippen molar-refractivity contribution in [3.8, 4) is 0 Å². The lowest BCUT2D eigenvalue weighted by atomic mass is 9.89. The Balaban J connectivity index is 2.79. The third-order valence-corrected chi connectivity index (χ3v) is 3.30. The van der Waals surface area contributed by atoms with Crippen LogP contribution in [0.1, 0.15) is 45.0 Å². The number of benzene rings is 1. The minimum atomic E-state index is -0.0323. The minimum absolute atomic E-state index is 0.0114. The lowest BCUT2D eigenvalue weighted by molar-refractivity contribution is 0.569. The Labute approximate surface area is 113 Å². The van der Waals surface area contributed by atoms with E-state index in [1.165, 1.54) is 0 Å². The zero-order valence-corrected chi connectivity index (χ0v) is 12.0. The molecule has 2 N–H and O–H groups in total. The van der Waals surface area contributed by atoms with Gasteiger partial charge in [0.15, 0.2) is 0 Å². The molecule has 1 unspecified atom stereocenters. The van der Waals surface area contributed by atoms with Gasteiger partial charge in [-0.25, -0.2) is 0 Å². The normalized spacial score (nSPS) is 13.9. The van der Waals surface area contributed by atoms with Crippen molar-refractivity contribution in [3.05, 3.63) is 40.5 Å². The van der Waals surface area contributed by atoms with Crippen molar-refractivity contribution in [2.45, 2.75) is 39.2 Å². The van der Waals surface area contributed by atoms with Gasteiger partial charge >= 0.3 is 0 Å². The second kappa shape index (κ2) is 4.52. The lowest BCUT2D eigenvalue weighted by Gasteiger charge is -2.21. The van der Waals surface area contributed by atoms with E-state index >= 15 is 0 Å². The topological polar surface area (TPSA) is 38.9 Å². The average Bonchev–Trinajstić information content (AvgIpc) is 2.25. The quantitative estimate of drug-likeness (QED) is 0.836. The van der Waals surface area contributed by atoms with Gasteiger partial charge in [0.2, 0.25) is 0 Å². The van der Waals surface area contributed by atoms with Crippen molar-refractivity contribution < 1.29 is 0 Å². The van der Waals surface area contributed by atoms with Crippen LogP contribution in [0.3, 0.4) is 0 Å². The molecule has 1 heterocycles. The summed E-state index contributed by atoms with van der Waals surface area (Å²) in [6, 6.07) is 7.83. The second-order valence-corrected chi connectivity index (χ2v) is 6.23. The van der Waals surface area contributed by atoms with Gasteiger partial charge in [-0.2, -0.15) is 0 Å². The summed E-state index contributed by atoms with van der Waals surface area (Å²) in [7, 11) is 0. The molecule has 0 saturated heterocycles. The van der Waals surface area contributed by atoms with Gasteiger partial charge in [-0.15, -0.1) is 0 Å². The van der Waals surface area contributed by atoms with Gasteiger partial charge in [-0.05, 0) is 36.8 Å². The van der Waals surface area contributed by atoms with Gasteiger partial charge in [0.1, 0.15) is 0 Å². The molecule has 0 aliphatic rings. The Hall–Kier alpha value is -1.12. The molecule has 0 aliphatic heterocycles. The van der Waals surface area contributed by atoms with Gasteiger partial charge < -0.3 is 5.73 Å². The van der Waals surface area contributed by atoms with Gasteiger partial charge in [-0.3, -0.25) is 4.98 Å².